The Bertz CT molecular complexity index is 1270. The highest BCUT2D eigenvalue weighted by atomic mass is 32.3. The number of allylic oxidation sites excluding steroid dienone is 6. The molecule has 1 rings (SSSR count). The van der Waals surface area contributed by atoms with E-state index in [1.165, 1.54) is 128 Å². The van der Waals surface area contributed by atoms with Crippen molar-refractivity contribution >= 4 is 16.4 Å². The molecule has 0 radical (unpaired) electrons. The molecule has 4 N–H and O–H groups in total. The maximum absolute atomic E-state index is 12.9. The summed E-state index contributed by atoms with van der Waals surface area (Å²) in [6.07, 6.45) is 43.1. The molecule has 0 aromatic heterocycles. The third-order valence-corrected chi connectivity index (χ3v) is 12.5. The van der Waals surface area contributed by atoms with E-state index in [9.17, 15) is 33.1 Å². The molecule has 382 valence electrons. The van der Waals surface area contributed by atoms with Gasteiger partial charge in [0.2, 0.25) is 0 Å². The summed E-state index contributed by atoms with van der Waals surface area (Å²) in [5, 5.41) is 30.8. The van der Waals surface area contributed by atoms with Gasteiger partial charge in [-0.05, 0) is 51.4 Å². The molecule has 0 spiro atoms. The van der Waals surface area contributed by atoms with Crippen LogP contribution in [0.2, 0.25) is 0 Å². The minimum atomic E-state index is -5.07. The average Bonchev–Trinajstić information content (AvgIpc) is 3.28. The van der Waals surface area contributed by atoms with Gasteiger partial charge >= 0.3 is 16.4 Å². The number of aliphatic hydroxyl groups excluding tert-OH is 3. The molecule has 0 aliphatic carbocycles. The lowest BCUT2D eigenvalue weighted by molar-refractivity contribution is -0.301. The van der Waals surface area contributed by atoms with Crippen molar-refractivity contribution in [1.82, 2.24) is 0 Å². The van der Waals surface area contributed by atoms with E-state index >= 15 is 0 Å². The minimum Gasteiger partial charge on any atom is -0.457 e. The minimum absolute atomic E-state index is 0.0336. The van der Waals surface area contributed by atoms with Gasteiger partial charge in [-0.1, -0.05) is 204 Å². The molecule has 0 saturated carbocycles. The van der Waals surface area contributed by atoms with Crippen LogP contribution in [0.4, 0.5) is 0 Å². The zero-order valence-corrected chi connectivity index (χ0v) is 41.9. The Hall–Kier alpha value is -1.68. The Morgan fingerprint density at radius 3 is 1.51 bits per heavy atom. The number of ether oxygens (including phenoxy) is 4. The Balaban J connectivity index is 2.36. The van der Waals surface area contributed by atoms with E-state index < -0.39 is 59.8 Å². The standard InChI is InChI=1S/C52H96O12S/c1-3-5-7-9-11-13-15-17-19-21-23-25-27-29-31-33-35-37-39-41-48(54)62-46(45-61-52-50(56)51(64-65(57,58)59)49(55)47(43-53)63-52)44-60-42-40-38-36-34-32-30-28-26-24-22-20-18-16-14-12-10-8-6-4-2/h11,13,17,19,23,25,46-47,49-53,55-56H,3-10,12,14-16,18,20-22,24,26-45H2,1-2H3,(H,57,58,59)/b13-11-,19-17-,25-23-. The maximum atomic E-state index is 12.9. The Morgan fingerprint density at radius 2 is 1.02 bits per heavy atom. The lowest BCUT2D eigenvalue weighted by Crippen LogP contribution is -2.60. The number of aliphatic hydroxyl groups is 3. The first-order valence-electron chi connectivity index (χ1n) is 26.2. The average molecular weight is 945 g/mol. The summed E-state index contributed by atoms with van der Waals surface area (Å²) in [6.45, 7) is 3.99. The fourth-order valence-electron chi connectivity index (χ4n) is 8.03. The Morgan fingerprint density at radius 1 is 0.585 bits per heavy atom. The molecule has 1 heterocycles. The highest BCUT2D eigenvalue weighted by Gasteiger charge is 2.48. The fourth-order valence-corrected chi connectivity index (χ4v) is 8.54. The van der Waals surface area contributed by atoms with Crippen LogP contribution in [0.3, 0.4) is 0 Å². The summed E-state index contributed by atoms with van der Waals surface area (Å²) in [4.78, 5) is 12.9. The smallest absolute Gasteiger partial charge is 0.397 e. The molecule has 12 nitrogen and oxygen atoms in total. The van der Waals surface area contributed by atoms with Crippen LogP contribution in [0.15, 0.2) is 36.5 Å². The number of hydrogen-bond acceptors (Lipinski definition) is 11. The summed E-state index contributed by atoms with van der Waals surface area (Å²) in [7, 11) is -5.07. The molecule has 1 aliphatic heterocycles. The molecular formula is C52H96O12S. The Labute approximate surface area is 396 Å². The monoisotopic (exact) mass is 945 g/mol. The van der Waals surface area contributed by atoms with Gasteiger partial charge in [-0.2, -0.15) is 8.42 Å². The van der Waals surface area contributed by atoms with Gasteiger partial charge in [-0.25, -0.2) is 4.18 Å². The second-order valence-corrected chi connectivity index (χ2v) is 19.2. The summed E-state index contributed by atoms with van der Waals surface area (Å²) in [6, 6.07) is 0. The lowest BCUT2D eigenvalue weighted by Gasteiger charge is -2.41. The molecule has 13 heteroatoms. The second-order valence-electron chi connectivity index (χ2n) is 18.1. The van der Waals surface area contributed by atoms with Gasteiger partial charge < -0.3 is 34.3 Å². The predicted molar refractivity (Wildman–Crippen MR) is 262 cm³/mol. The number of carbonyl (C=O) groups is 1. The molecule has 0 aromatic rings. The molecule has 6 atom stereocenters. The number of carbonyl (C=O) groups excluding carboxylic acids is 1. The molecular weight excluding hydrogens is 849 g/mol. The molecule has 0 amide bonds. The highest BCUT2D eigenvalue weighted by molar-refractivity contribution is 7.80. The summed E-state index contributed by atoms with van der Waals surface area (Å²) < 4.78 is 59.3. The summed E-state index contributed by atoms with van der Waals surface area (Å²) >= 11 is 0. The SMILES string of the molecule is CCCCC/C=C\C/C=C\C/C=C\CCCCCCCCC(=O)OC(COCCCCCCCCCCCCCCCCCCCCC)COC1OC(CO)C(O)C(OS(=O)(=O)O)C1O. The van der Waals surface area contributed by atoms with Crippen molar-refractivity contribution in [2.75, 3.05) is 26.4 Å². The topological polar surface area (TPSA) is 178 Å². The van der Waals surface area contributed by atoms with E-state index in [1.54, 1.807) is 0 Å². The van der Waals surface area contributed by atoms with Gasteiger partial charge in [0.25, 0.3) is 0 Å². The quantitative estimate of drug-likeness (QED) is 0.0197. The van der Waals surface area contributed by atoms with Crippen LogP contribution in [0.25, 0.3) is 0 Å². The van der Waals surface area contributed by atoms with Crippen LogP contribution in [0.1, 0.15) is 226 Å². The Kier molecular flexibility index (Phi) is 41.1. The molecule has 6 unspecified atom stereocenters. The molecule has 0 bridgehead atoms. The third-order valence-electron chi connectivity index (χ3n) is 12.0. The molecule has 1 aliphatic rings. The van der Waals surface area contributed by atoms with Gasteiger partial charge in [0, 0.05) is 13.0 Å². The van der Waals surface area contributed by atoms with Crippen molar-refractivity contribution in [3.05, 3.63) is 36.5 Å². The zero-order valence-electron chi connectivity index (χ0n) is 41.1. The van der Waals surface area contributed by atoms with E-state index in [0.29, 0.717) is 13.0 Å². The highest BCUT2D eigenvalue weighted by Crippen LogP contribution is 2.26. The molecule has 0 aromatic carbocycles. The summed E-state index contributed by atoms with van der Waals surface area (Å²) in [5.41, 5.74) is 0. The van der Waals surface area contributed by atoms with E-state index in [-0.39, 0.29) is 19.6 Å². The second kappa shape index (κ2) is 43.6. The molecule has 1 fully saturated rings. The molecule has 1 saturated heterocycles. The van der Waals surface area contributed by atoms with E-state index in [0.717, 1.165) is 70.6 Å². The van der Waals surface area contributed by atoms with Crippen molar-refractivity contribution in [3.63, 3.8) is 0 Å². The fraction of sp³-hybridized carbons (Fsp3) is 0.865. The van der Waals surface area contributed by atoms with Gasteiger partial charge in [0.05, 0.1) is 19.8 Å². The van der Waals surface area contributed by atoms with Crippen LogP contribution >= 0.6 is 0 Å². The predicted octanol–water partition coefficient (Wildman–Crippen LogP) is 12.1. The summed E-state index contributed by atoms with van der Waals surface area (Å²) in [5.74, 6) is -0.408. The number of esters is 1. The molecule has 65 heavy (non-hydrogen) atoms. The van der Waals surface area contributed by atoms with Crippen LogP contribution in [-0.2, 0) is 38.3 Å². The first kappa shape index (κ1) is 61.3. The first-order chi connectivity index (χ1) is 31.6. The zero-order chi connectivity index (χ0) is 47.5. The van der Waals surface area contributed by atoms with Crippen molar-refractivity contribution in [2.45, 2.75) is 263 Å². The van der Waals surface area contributed by atoms with Crippen molar-refractivity contribution < 1.29 is 56.2 Å². The third kappa shape index (κ3) is 37.0. The largest absolute Gasteiger partial charge is 0.457 e. The van der Waals surface area contributed by atoms with Crippen molar-refractivity contribution in [2.24, 2.45) is 0 Å². The number of unbranched alkanes of at least 4 members (excludes halogenated alkanes) is 27. The number of rotatable bonds is 46. The van der Waals surface area contributed by atoms with Gasteiger partial charge in [0.15, 0.2) is 6.29 Å². The maximum Gasteiger partial charge on any atom is 0.397 e. The van der Waals surface area contributed by atoms with Crippen molar-refractivity contribution in [1.29, 1.82) is 0 Å². The van der Waals surface area contributed by atoms with Crippen LogP contribution < -0.4 is 0 Å². The lowest BCUT2D eigenvalue weighted by atomic mass is 9.99. The normalized spacial score (nSPS) is 19.9. The van der Waals surface area contributed by atoms with E-state index in [2.05, 4.69) is 54.5 Å². The number of hydrogen-bond donors (Lipinski definition) is 4. The van der Waals surface area contributed by atoms with Gasteiger partial charge in [-0.3, -0.25) is 9.35 Å². The van der Waals surface area contributed by atoms with E-state index in [4.69, 9.17) is 18.9 Å². The van der Waals surface area contributed by atoms with Crippen molar-refractivity contribution in [3.8, 4) is 0 Å². The van der Waals surface area contributed by atoms with Gasteiger partial charge in [-0.15, -0.1) is 0 Å². The van der Waals surface area contributed by atoms with Crippen LogP contribution in [-0.4, -0.2) is 97.5 Å². The first-order valence-corrected chi connectivity index (χ1v) is 27.6. The van der Waals surface area contributed by atoms with Gasteiger partial charge in [0.1, 0.15) is 30.5 Å². The van der Waals surface area contributed by atoms with Crippen LogP contribution in [0, 0.1) is 0 Å². The van der Waals surface area contributed by atoms with E-state index in [1.807, 2.05) is 0 Å². The van der Waals surface area contributed by atoms with Crippen LogP contribution in [0.5, 0.6) is 0 Å².